The molecule has 0 aliphatic carbocycles. The third-order valence-corrected chi connectivity index (χ3v) is 1.54. The molecule has 76 valence electrons. The number of aromatic amines is 1. The Morgan fingerprint density at radius 1 is 1.57 bits per heavy atom. The molecule has 0 spiro atoms. The number of rotatable bonds is 3. The first-order valence-electron chi connectivity index (χ1n) is 3.89. The van der Waals surface area contributed by atoms with Crippen molar-refractivity contribution in [3.05, 3.63) is 17.5 Å². The van der Waals surface area contributed by atoms with Gasteiger partial charge < -0.3 is 9.47 Å². The van der Waals surface area contributed by atoms with E-state index >= 15 is 0 Å². The molecular formula is C8H10N2O4. The number of aromatic nitrogens is 2. The number of hydrogen-bond acceptors (Lipinski definition) is 5. The number of carbonyl (C=O) groups excluding carboxylic acids is 2. The highest BCUT2D eigenvalue weighted by atomic mass is 16.5. The fraction of sp³-hybridized carbons (Fsp3) is 0.375. The van der Waals surface area contributed by atoms with Gasteiger partial charge in [-0.3, -0.25) is 9.89 Å². The van der Waals surface area contributed by atoms with Crippen LogP contribution in [0.2, 0.25) is 0 Å². The molecule has 0 aliphatic rings. The van der Waals surface area contributed by atoms with Crippen LogP contribution < -0.4 is 0 Å². The van der Waals surface area contributed by atoms with Crippen LogP contribution in [0.4, 0.5) is 0 Å². The minimum absolute atomic E-state index is 0.0102. The van der Waals surface area contributed by atoms with Crippen LogP contribution in [-0.4, -0.2) is 29.2 Å². The predicted molar refractivity (Wildman–Crippen MR) is 45.4 cm³/mol. The lowest BCUT2D eigenvalue weighted by molar-refractivity contribution is -0.142. The van der Waals surface area contributed by atoms with E-state index < -0.39 is 11.9 Å². The van der Waals surface area contributed by atoms with Crippen LogP contribution in [0, 0.1) is 0 Å². The molecule has 0 unspecified atom stereocenters. The van der Waals surface area contributed by atoms with Crippen LogP contribution >= 0.6 is 0 Å². The van der Waals surface area contributed by atoms with Gasteiger partial charge in [0.05, 0.1) is 13.3 Å². The van der Waals surface area contributed by atoms with Crippen molar-refractivity contribution in [1.82, 2.24) is 10.2 Å². The van der Waals surface area contributed by atoms with E-state index in [0.717, 1.165) is 0 Å². The van der Waals surface area contributed by atoms with E-state index in [1.807, 2.05) is 0 Å². The number of ether oxygens (including phenoxy) is 2. The zero-order valence-electron chi connectivity index (χ0n) is 7.86. The summed E-state index contributed by atoms with van der Waals surface area (Å²) in [5.41, 5.74) is 0.695. The molecule has 1 rings (SSSR count). The van der Waals surface area contributed by atoms with E-state index in [4.69, 9.17) is 4.74 Å². The molecule has 0 atom stereocenters. The summed E-state index contributed by atoms with van der Waals surface area (Å²) in [7, 11) is 1.26. The fourth-order valence-electron chi connectivity index (χ4n) is 0.879. The average Bonchev–Trinajstić information content (AvgIpc) is 2.61. The largest absolute Gasteiger partial charge is 0.464 e. The maximum atomic E-state index is 11.1. The second-order valence-electron chi connectivity index (χ2n) is 2.54. The van der Waals surface area contributed by atoms with Crippen LogP contribution in [-0.2, 0) is 20.9 Å². The summed E-state index contributed by atoms with van der Waals surface area (Å²) < 4.78 is 9.21. The van der Waals surface area contributed by atoms with Gasteiger partial charge in [0.15, 0.2) is 0 Å². The van der Waals surface area contributed by atoms with Crippen molar-refractivity contribution in [3.63, 3.8) is 0 Å². The number of carbonyl (C=O) groups is 2. The van der Waals surface area contributed by atoms with Crippen molar-refractivity contribution < 1.29 is 19.1 Å². The van der Waals surface area contributed by atoms with Gasteiger partial charge in [0, 0.05) is 12.5 Å². The van der Waals surface area contributed by atoms with Gasteiger partial charge >= 0.3 is 11.9 Å². The molecule has 0 fully saturated rings. The summed E-state index contributed by atoms with van der Waals surface area (Å²) in [6.45, 7) is 1.30. The molecule has 1 aromatic rings. The number of methoxy groups -OCH3 is 1. The van der Waals surface area contributed by atoms with Crippen molar-refractivity contribution >= 4 is 11.9 Å². The summed E-state index contributed by atoms with van der Waals surface area (Å²) in [5.74, 6) is -0.952. The molecule has 0 aromatic carbocycles. The van der Waals surface area contributed by atoms with Gasteiger partial charge in [0.1, 0.15) is 12.3 Å². The normalized spacial score (nSPS) is 9.57. The maximum absolute atomic E-state index is 11.1. The lowest BCUT2D eigenvalue weighted by Crippen LogP contribution is -2.07. The van der Waals surface area contributed by atoms with Crippen LogP contribution in [0.3, 0.4) is 0 Å². The van der Waals surface area contributed by atoms with E-state index in [2.05, 4.69) is 14.9 Å². The van der Waals surface area contributed by atoms with Gasteiger partial charge in [0.2, 0.25) is 0 Å². The molecule has 6 heteroatoms. The van der Waals surface area contributed by atoms with Crippen LogP contribution in [0.15, 0.2) is 6.20 Å². The Hall–Kier alpha value is -1.85. The fourth-order valence-corrected chi connectivity index (χ4v) is 0.879. The predicted octanol–water partition coefficient (Wildman–Crippen LogP) is 0.259. The molecule has 0 radical (unpaired) electrons. The highest BCUT2D eigenvalue weighted by Gasteiger charge is 2.14. The zero-order valence-corrected chi connectivity index (χ0v) is 7.86. The molecule has 0 saturated heterocycles. The molecule has 0 aliphatic heterocycles. The standard InChI is InChI=1S/C8H10N2O4/c1-5(11)14-4-6-3-9-10-7(6)8(12)13-2/h3H,4H2,1-2H3,(H,9,10). The first-order valence-corrected chi connectivity index (χ1v) is 3.89. The average molecular weight is 198 g/mol. The Morgan fingerprint density at radius 2 is 2.29 bits per heavy atom. The number of nitrogens with zero attached hydrogens (tertiary/aromatic N) is 1. The third-order valence-electron chi connectivity index (χ3n) is 1.54. The minimum atomic E-state index is -0.537. The van der Waals surface area contributed by atoms with Crippen molar-refractivity contribution in [2.45, 2.75) is 13.5 Å². The Kier molecular flexibility index (Phi) is 3.22. The minimum Gasteiger partial charge on any atom is -0.464 e. The van der Waals surface area contributed by atoms with Crippen molar-refractivity contribution in [2.24, 2.45) is 0 Å². The van der Waals surface area contributed by atoms with Gasteiger partial charge in [0.25, 0.3) is 0 Å². The molecule has 6 nitrogen and oxygen atoms in total. The monoisotopic (exact) mass is 198 g/mol. The van der Waals surface area contributed by atoms with Gasteiger partial charge in [-0.2, -0.15) is 5.10 Å². The van der Waals surface area contributed by atoms with Gasteiger partial charge in [-0.1, -0.05) is 0 Å². The van der Waals surface area contributed by atoms with Crippen molar-refractivity contribution in [1.29, 1.82) is 0 Å². The van der Waals surface area contributed by atoms with Crippen molar-refractivity contribution in [3.8, 4) is 0 Å². The molecule has 1 N–H and O–H groups in total. The molecule has 0 bridgehead atoms. The maximum Gasteiger partial charge on any atom is 0.356 e. The van der Waals surface area contributed by atoms with Crippen LogP contribution in [0.5, 0.6) is 0 Å². The van der Waals surface area contributed by atoms with Gasteiger partial charge in [-0.05, 0) is 0 Å². The molecule has 1 aromatic heterocycles. The Labute approximate surface area is 80.2 Å². The van der Waals surface area contributed by atoms with Crippen molar-refractivity contribution in [2.75, 3.05) is 7.11 Å². The summed E-state index contributed by atoms with van der Waals surface area (Å²) in [5, 5.41) is 6.12. The van der Waals surface area contributed by atoms with E-state index in [0.29, 0.717) is 5.56 Å². The molecule has 0 saturated carbocycles. The first-order chi connectivity index (χ1) is 6.65. The summed E-state index contributed by atoms with van der Waals surface area (Å²) in [6.07, 6.45) is 1.41. The van der Waals surface area contributed by atoms with Crippen LogP contribution in [0.1, 0.15) is 23.0 Å². The lowest BCUT2D eigenvalue weighted by atomic mass is 10.2. The lowest BCUT2D eigenvalue weighted by Gasteiger charge is -2.01. The number of nitrogens with one attached hydrogen (secondary N) is 1. The first kappa shape index (κ1) is 10.2. The van der Waals surface area contributed by atoms with Crippen LogP contribution in [0.25, 0.3) is 0 Å². The van der Waals surface area contributed by atoms with Gasteiger partial charge in [-0.25, -0.2) is 4.79 Å². The van der Waals surface area contributed by atoms with E-state index in [-0.39, 0.29) is 12.3 Å². The third kappa shape index (κ3) is 2.32. The number of esters is 2. The topological polar surface area (TPSA) is 81.3 Å². The van der Waals surface area contributed by atoms with Gasteiger partial charge in [-0.15, -0.1) is 0 Å². The highest BCUT2D eigenvalue weighted by Crippen LogP contribution is 2.07. The zero-order chi connectivity index (χ0) is 10.6. The molecular weight excluding hydrogens is 188 g/mol. The molecule has 14 heavy (non-hydrogen) atoms. The molecule has 1 heterocycles. The Morgan fingerprint density at radius 3 is 2.86 bits per heavy atom. The highest BCUT2D eigenvalue weighted by molar-refractivity contribution is 5.88. The van der Waals surface area contributed by atoms with E-state index in [1.165, 1.54) is 20.2 Å². The quantitative estimate of drug-likeness (QED) is 0.704. The Balaban J connectivity index is 2.72. The smallest absolute Gasteiger partial charge is 0.356 e. The molecule has 0 amide bonds. The Bertz CT molecular complexity index is 345. The summed E-state index contributed by atoms with van der Waals surface area (Å²) >= 11 is 0. The number of hydrogen-bond donors (Lipinski definition) is 1. The van der Waals surface area contributed by atoms with E-state index in [1.54, 1.807) is 0 Å². The summed E-state index contributed by atoms with van der Waals surface area (Å²) in [4.78, 5) is 21.6. The SMILES string of the molecule is COC(=O)c1[nH]ncc1COC(C)=O. The van der Waals surface area contributed by atoms with E-state index in [9.17, 15) is 9.59 Å². The number of H-pyrrole nitrogens is 1. The summed E-state index contributed by atoms with van der Waals surface area (Å²) in [6, 6.07) is 0. The second-order valence-corrected chi connectivity index (χ2v) is 2.54. The second kappa shape index (κ2) is 4.40.